The van der Waals surface area contributed by atoms with Crippen LogP contribution in [0.25, 0.3) is 0 Å². The molecule has 0 saturated heterocycles. The standard InChI is InChI=1S/C6H12O2.ClH/c1-3-5(2)4-6(7)8;/h5H,3-4H2,1-2H3,(H,7,8);1H/t5-;/m0./s1. The molecule has 1 atom stereocenters. The lowest BCUT2D eigenvalue weighted by molar-refractivity contribution is -0.137. The van der Waals surface area contributed by atoms with Gasteiger partial charge in [0.05, 0.1) is 0 Å². The molecule has 0 heterocycles. The fraction of sp³-hybridized carbons (Fsp3) is 0.833. The highest BCUT2D eigenvalue weighted by Gasteiger charge is 2.02. The molecule has 0 aromatic carbocycles. The first-order chi connectivity index (χ1) is 3.66. The molecule has 0 amide bonds. The highest BCUT2D eigenvalue weighted by molar-refractivity contribution is 5.85. The number of rotatable bonds is 3. The van der Waals surface area contributed by atoms with Gasteiger partial charge in [-0.1, -0.05) is 20.3 Å². The minimum Gasteiger partial charge on any atom is -0.481 e. The lowest BCUT2D eigenvalue weighted by atomic mass is 10.1. The van der Waals surface area contributed by atoms with E-state index in [2.05, 4.69) is 0 Å². The largest absolute Gasteiger partial charge is 0.481 e. The molecule has 9 heavy (non-hydrogen) atoms. The van der Waals surface area contributed by atoms with E-state index in [0.717, 1.165) is 6.42 Å². The summed E-state index contributed by atoms with van der Waals surface area (Å²) >= 11 is 0. The molecule has 0 aromatic rings. The Bertz CT molecular complexity index is 83.1. The van der Waals surface area contributed by atoms with E-state index in [-0.39, 0.29) is 12.4 Å². The van der Waals surface area contributed by atoms with Crippen LogP contribution in [0.5, 0.6) is 0 Å². The zero-order chi connectivity index (χ0) is 6.57. The summed E-state index contributed by atoms with van der Waals surface area (Å²) in [6.45, 7) is 3.93. The fourth-order valence-corrected chi connectivity index (χ4v) is 0.442. The molecule has 2 nitrogen and oxygen atoms in total. The van der Waals surface area contributed by atoms with Crippen LogP contribution in [0.3, 0.4) is 0 Å². The quantitative estimate of drug-likeness (QED) is 0.671. The van der Waals surface area contributed by atoms with Crippen molar-refractivity contribution in [3.05, 3.63) is 0 Å². The van der Waals surface area contributed by atoms with Gasteiger partial charge in [-0.25, -0.2) is 0 Å². The van der Waals surface area contributed by atoms with Crippen molar-refractivity contribution in [1.29, 1.82) is 0 Å². The van der Waals surface area contributed by atoms with Crippen LogP contribution in [-0.4, -0.2) is 11.1 Å². The van der Waals surface area contributed by atoms with Gasteiger partial charge in [-0.2, -0.15) is 0 Å². The highest BCUT2D eigenvalue weighted by Crippen LogP contribution is 2.04. The summed E-state index contributed by atoms with van der Waals surface area (Å²) in [7, 11) is 0. The normalized spacial score (nSPS) is 11.8. The second-order valence-corrected chi connectivity index (χ2v) is 2.11. The molecule has 0 aliphatic heterocycles. The van der Waals surface area contributed by atoms with Crippen LogP contribution in [0.4, 0.5) is 0 Å². The fourth-order valence-electron chi connectivity index (χ4n) is 0.442. The smallest absolute Gasteiger partial charge is 0.303 e. The molecule has 0 radical (unpaired) electrons. The van der Waals surface area contributed by atoms with Gasteiger partial charge in [0, 0.05) is 6.42 Å². The lowest BCUT2D eigenvalue weighted by Gasteiger charge is -2.00. The average Bonchev–Trinajstić information content (AvgIpc) is 1.65. The maximum absolute atomic E-state index is 9.97. The van der Waals surface area contributed by atoms with Crippen LogP contribution in [0.1, 0.15) is 26.7 Å². The first-order valence-electron chi connectivity index (χ1n) is 2.88. The molecule has 0 aliphatic carbocycles. The predicted octanol–water partition coefficient (Wildman–Crippen LogP) is 1.93. The third kappa shape index (κ3) is 7.76. The summed E-state index contributed by atoms with van der Waals surface area (Å²) in [5.74, 6) is -0.369. The number of carboxylic acids is 1. The van der Waals surface area contributed by atoms with Gasteiger partial charge < -0.3 is 5.11 Å². The Morgan fingerprint density at radius 1 is 1.67 bits per heavy atom. The van der Waals surface area contributed by atoms with Crippen molar-refractivity contribution in [1.82, 2.24) is 0 Å². The van der Waals surface area contributed by atoms with Gasteiger partial charge in [0.25, 0.3) is 0 Å². The summed E-state index contributed by atoms with van der Waals surface area (Å²) < 4.78 is 0. The predicted molar refractivity (Wildman–Crippen MR) is 39.0 cm³/mol. The molecular weight excluding hydrogens is 140 g/mol. The van der Waals surface area contributed by atoms with Crippen molar-refractivity contribution in [3.63, 3.8) is 0 Å². The Labute approximate surface area is 61.7 Å². The van der Waals surface area contributed by atoms with Gasteiger partial charge in [0.2, 0.25) is 0 Å². The van der Waals surface area contributed by atoms with Gasteiger partial charge in [0.15, 0.2) is 0 Å². The van der Waals surface area contributed by atoms with E-state index in [1.807, 2.05) is 13.8 Å². The third-order valence-corrected chi connectivity index (χ3v) is 1.22. The SMILES string of the molecule is CC[C@H](C)CC(=O)O.Cl. The molecule has 0 unspecified atom stereocenters. The minimum absolute atomic E-state index is 0. The van der Waals surface area contributed by atoms with E-state index >= 15 is 0 Å². The molecule has 0 rings (SSSR count). The minimum atomic E-state index is -0.695. The number of halogens is 1. The van der Waals surface area contributed by atoms with Crippen LogP contribution in [0, 0.1) is 5.92 Å². The maximum Gasteiger partial charge on any atom is 0.303 e. The molecule has 0 saturated carbocycles. The van der Waals surface area contributed by atoms with Crippen LogP contribution in [0.2, 0.25) is 0 Å². The number of carboxylic acid groups (broad SMARTS) is 1. The maximum atomic E-state index is 9.97. The molecule has 0 aliphatic rings. The molecule has 0 fully saturated rings. The first-order valence-corrected chi connectivity index (χ1v) is 2.88. The highest BCUT2D eigenvalue weighted by atomic mass is 35.5. The number of hydrogen-bond acceptors (Lipinski definition) is 1. The molecule has 3 heteroatoms. The van der Waals surface area contributed by atoms with Crippen LogP contribution in [0.15, 0.2) is 0 Å². The molecule has 56 valence electrons. The zero-order valence-electron chi connectivity index (χ0n) is 5.76. The van der Waals surface area contributed by atoms with E-state index in [1.54, 1.807) is 0 Å². The Balaban J connectivity index is 0. The summed E-state index contributed by atoms with van der Waals surface area (Å²) in [5.41, 5.74) is 0. The van der Waals surface area contributed by atoms with Crippen LogP contribution < -0.4 is 0 Å². The Hall–Kier alpha value is -0.240. The van der Waals surface area contributed by atoms with E-state index < -0.39 is 5.97 Å². The second-order valence-electron chi connectivity index (χ2n) is 2.11. The van der Waals surface area contributed by atoms with Crippen LogP contribution in [-0.2, 0) is 4.79 Å². The number of aliphatic carboxylic acids is 1. The molecular formula is C6H13ClO2. The van der Waals surface area contributed by atoms with Gasteiger partial charge >= 0.3 is 5.97 Å². The van der Waals surface area contributed by atoms with Gasteiger partial charge in [0.1, 0.15) is 0 Å². The zero-order valence-corrected chi connectivity index (χ0v) is 6.57. The summed E-state index contributed by atoms with van der Waals surface area (Å²) in [5, 5.41) is 8.22. The van der Waals surface area contributed by atoms with Crippen molar-refractivity contribution < 1.29 is 9.90 Å². The van der Waals surface area contributed by atoms with Gasteiger partial charge in [-0.3, -0.25) is 4.79 Å². The monoisotopic (exact) mass is 152 g/mol. The molecule has 1 N–H and O–H groups in total. The number of carbonyl (C=O) groups is 1. The second kappa shape index (κ2) is 5.89. The summed E-state index contributed by atoms with van der Waals surface area (Å²) in [6.07, 6.45) is 1.25. The summed E-state index contributed by atoms with van der Waals surface area (Å²) in [6, 6.07) is 0. The molecule has 0 bridgehead atoms. The van der Waals surface area contributed by atoms with Crippen LogP contribution >= 0.6 is 12.4 Å². The first kappa shape index (κ1) is 11.5. The topological polar surface area (TPSA) is 37.3 Å². The van der Waals surface area contributed by atoms with Crippen molar-refractivity contribution in [3.8, 4) is 0 Å². The Morgan fingerprint density at radius 2 is 2.11 bits per heavy atom. The molecule has 0 aromatic heterocycles. The van der Waals surface area contributed by atoms with E-state index in [9.17, 15) is 4.79 Å². The average molecular weight is 153 g/mol. The van der Waals surface area contributed by atoms with Gasteiger partial charge in [-0.15, -0.1) is 12.4 Å². The van der Waals surface area contributed by atoms with Crippen molar-refractivity contribution >= 4 is 18.4 Å². The van der Waals surface area contributed by atoms with Crippen molar-refractivity contribution in [2.24, 2.45) is 5.92 Å². The Morgan fingerprint density at radius 3 is 2.22 bits per heavy atom. The molecule has 0 spiro atoms. The lowest BCUT2D eigenvalue weighted by Crippen LogP contribution is -2.02. The van der Waals surface area contributed by atoms with Crippen molar-refractivity contribution in [2.45, 2.75) is 26.7 Å². The summed E-state index contributed by atoms with van der Waals surface area (Å²) in [4.78, 5) is 9.97. The van der Waals surface area contributed by atoms with E-state index in [0.29, 0.717) is 12.3 Å². The van der Waals surface area contributed by atoms with E-state index in [4.69, 9.17) is 5.11 Å². The number of hydrogen-bond donors (Lipinski definition) is 1. The Kier molecular flexibility index (Phi) is 7.55. The van der Waals surface area contributed by atoms with Gasteiger partial charge in [-0.05, 0) is 5.92 Å². The van der Waals surface area contributed by atoms with Crippen molar-refractivity contribution in [2.75, 3.05) is 0 Å². The third-order valence-electron chi connectivity index (χ3n) is 1.22. The van der Waals surface area contributed by atoms with E-state index in [1.165, 1.54) is 0 Å².